The lowest BCUT2D eigenvalue weighted by Crippen LogP contribution is -2.07. The standard InChI is InChI=1S/C9H11NO2/c1-7(10-12)9(11)8-5-3-2-4-6-8/h2-6,9,11-12H,1H3/b10-7+/t9-/m0/s1. The van der Waals surface area contributed by atoms with Crippen molar-refractivity contribution in [1.29, 1.82) is 0 Å². The Morgan fingerprint density at radius 2 is 1.92 bits per heavy atom. The summed E-state index contributed by atoms with van der Waals surface area (Å²) in [4.78, 5) is 0. The second-order valence-corrected chi connectivity index (χ2v) is 2.55. The summed E-state index contributed by atoms with van der Waals surface area (Å²) in [5.41, 5.74) is 1.02. The van der Waals surface area contributed by atoms with Crippen molar-refractivity contribution in [3.05, 3.63) is 35.9 Å². The molecule has 0 aliphatic heterocycles. The van der Waals surface area contributed by atoms with Crippen molar-refractivity contribution in [2.75, 3.05) is 0 Å². The number of rotatable bonds is 2. The fraction of sp³-hybridized carbons (Fsp3) is 0.222. The highest BCUT2D eigenvalue weighted by Gasteiger charge is 2.09. The van der Waals surface area contributed by atoms with Gasteiger partial charge in [0.15, 0.2) is 0 Å². The molecule has 0 aromatic heterocycles. The minimum Gasteiger partial charge on any atom is -0.411 e. The van der Waals surface area contributed by atoms with Crippen molar-refractivity contribution in [3.8, 4) is 0 Å². The fourth-order valence-corrected chi connectivity index (χ4v) is 0.931. The molecule has 0 aliphatic rings. The van der Waals surface area contributed by atoms with E-state index in [-0.39, 0.29) is 0 Å². The number of aliphatic hydroxyl groups excluding tert-OH is 1. The summed E-state index contributed by atoms with van der Waals surface area (Å²) in [5.74, 6) is 0. The Morgan fingerprint density at radius 1 is 1.33 bits per heavy atom. The Hall–Kier alpha value is -1.35. The van der Waals surface area contributed by atoms with Gasteiger partial charge in [0.2, 0.25) is 0 Å². The highest BCUT2D eigenvalue weighted by Crippen LogP contribution is 2.13. The van der Waals surface area contributed by atoms with Crippen LogP contribution in [0.25, 0.3) is 0 Å². The van der Waals surface area contributed by atoms with E-state index in [9.17, 15) is 5.11 Å². The molecule has 0 aliphatic carbocycles. The first-order chi connectivity index (χ1) is 5.75. The van der Waals surface area contributed by atoms with Crippen molar-refractivity contribution in [1.82, 2.24) is 0 Å². The molecular formula is C9H11NO2. The SMILES string of the molecule is C/C(=N\O)[C@H](O)c1ccccc1. The van der Waals surface area contributed by atoms with Crippen LogP contribution in [0.1, 0.15) is 18.6 Å². The molecule has 3 nitrogen and oxygen atoms in total. The molecule has 0 spiro atoms. The van der Waals surface area contributed by atoms with Gasteiger partial charge in [-0.1, -0.05) is 35.5 Å². The summed E-state index contributed by atoms with van der Waals surface area (Å²) in [5, 5.41) is 20.8. The van der Waals surface area contributed by atoms with Gasteiger partial charge >= 0.3 is 0 Å². The molecule has 1 rings (SSSR count). The Labute approximate surface area is 71.0 Å². The minimum absolute atomic E-state index is 0.293. The Balaban J connectivity index is 2.86. The Bertz CT molecular complexity index is 269. The molecule has 0 heterocycles. The summed E-state index contributed by atoms with van der Waals surface area (Å²) in [6.45, 7) is 1.57. The van der Waals surface area contributed by atoms with E-state index >= 15 is 0 Å². The molecule has 1 aromatic rings. The minimum atomic E-state index is -0.809. The summed E-state index contributed by atoms with van der Waals surface area (Å²) in [6.07, 6.45) is -0.809. The maximum atomic E-state index is 9.50. The van der Waals surface area contributed by atoms with E-state index in [1.54, 1.807) is 19.1 Å². The average molecular weight is 165 g/mol. The van der Waals surface area contributed by atoms with Crippen LogP contribution >= 0.6 is 0 Å². The van der Waals surface area contributed by atoms with E-state index in [2.05, 4.69) is 5.16 Å². The van der Waals surface area contributed by atoms with E-state index in [1.165, 1.54) is 0 Å². The van der Waals surface area contributed by atoms with Crippen LogP contribution in [-0.4, -0.2) is 16.0 Å². The zero-order chi connectivity index (χ0) is 8.97. The fourth-order valence-electron chi connectivity index (χ4n) is 0.931. The average Bonchev–Trinajstić information content (AvgIpc) is 2.17. The van der Waals surface area contributed by atoms with Crippen molar-refractivity contribution in [3.63, 3.8) is 0 Å². The third-order valence-electron chi connectivity index (χ3n) is 1.67. The Morgan fingerprint density at radius 3 is 2.42 bits per heavy atom. The monoisotopic (exact) mass is 165 g/mol. The van der Waals surface area contributed by atoms with Crippen molar-refractivity contribution >= 4 is 5.71 Å². The number of hydrogen-bond acceptors (Lipinski definition) is 3. The summed E-state index contributed by atoms with van der Waals surface area (Å²) in [7, 11) is 0. The predicted octanol–water partition coefficient (Wildman–Crippen LogP) is 1.57. The van der Waals surface area contributed by atoms with Crippen molar-refractivity contribution in [2.24, 2.45) is 5.16 Å². The van der Waals surface area contributed by atoms with Crippen LogP contribution in [0, 0.1) is 0 Å². The molecule has 1 atom stereocenters. The van der Waals surface area contributed by atoms with Gasteiger partial charge in [0.25, 0.3) is 0 Å². The Kier molecular flexibility index (Phi) is 2.82. The first-order valence-electron chi connectivity index (χ1n) is 3.67. The lowest BCUT2D eigenvalue weighted by atomic mass is 10.1. The van der Waals surface area contributed by atoms with Crippen LogP contribution < -0.4 is 0 Å². The van der Waals surface area contributed by atoms with Crippen LogP contribution in [0.5, 0.6) is 0 Å². The van der Waals surface area contributed by atoms with Crippen molar-refractivity contribution in [2.45, 2.75) is 13.0 Å². The first kappa shape index (κ1) is 8.74. The highest BCUT2D eigenvalue weighted by molar-refractivity contribution is 5.86. The number of hydrogen-bond donors (Lipinski definition) is 2. The number of benzene rings is 1. The zero-order valence-electron chi connectivity index (χ0n) is 6.81. The third-order valence-corrected chi connectivity index (χ3v) is 1.67. The zero-order valence-corrected chi connectivity index (χ0v) is 6.81. The molecule has 1 aromatic carbocycles. The molecule has 0 saturated carbocycles. The summed E-state index contributed by atoms with van der Waals surface area (Å²) >= 11 is 0. The van der Waals surface area contributed by atoms with Gasteiger partial charge in [0.05, 0.1) is 5.71 Å². The predicted molar refractivity (Wildman–Crippen MR) is 46.3 cm³/mol. The van der Waals surface area contributed by atoms with Crippen LogP contribution in [0.3, 0.4) is 0 Å². The molecule has 0 unspecified atom stereocenters. The summed E-state index contributed by atoms with van der Waals surface area (Å²) in [6, 6.07) is 9.06. The smallest absolute Gasteiger partial charge is 0.120 e. The van der Waals surface area contributed by atoms with E-state index in [1.807, 2.05) is 18.2 Å². The van der Waals surface area contributed by atoms with Gasteiger partial charge in [-0.3, -0.25) is 0 Å². The maximum Gasteiger partial charge on any atom is 0.120 e. The van der Waals surface area contributed by atoms with Crippen LogP contribution in [-0.2, 0) is 0 Å². The van der Waals surface area contributed by atoms with Crippen LogP contribution in [0.4, 0.5) is 0 Å². The quantitative estimate of drug-likeness (QED) is 0.397. The maximum absolute atomic E-state index is 9.50. The topological polar surface area (TPSA) is 52.8 Å². The van der Waals surface area contributed by atoms with Gasteiger partial charge < -0.3 is 10.3 Å². The first-order valence-corrected chi connectivity index (χ1v) is 3.67. The largest absolute Gasteiger partial charge is 0.411 e. The van der Waals surface area contributed by atoms with E-state index in [4.69, 9.17) is 5.21 Å². The second kappa shape index (κ2) is 3.88. The third kappa shape index (κ3) is 1.83. The van der Waals surface area contributed by atoms with Crippen LogP contribution in [0.2, 0.25) is 0 Å². The van der Waals surface area contributed by atoms with Gasteiger partial charge in [-0.05, 0) is 12.5 Å². The molecule has 64 valence electrons. The lowest BCUT2D eigenvalue weighted by Gasteiger charge is -2.07. The number of aliphatic hydroxyl groups is 1. The van der Waals surface area contributed by atoms with Gasteiger partial charge in [-0.15, -0.1) is 0 Å². The molecule has 0 bridgehead atoms. The van der Waals surface area contributed by atoms with Crippen molar-refractivity contribution < 1.29 is 10.3 Å². The van der Waals surface area contributed by atoms with Crippen LogP contribution in [0.15, 0.2) is 35.5 Å². The normalized spacial score (nSPS) is 14.3. The molecule has 0 fully saturated rings. The highest BCUT2D eigenvalue weighted by atomic mass is 16.4. The molecular weight excluding hydrogens is 154 g/mol. The van der Waals surface area contributed by atoms with E-state index < -0.39 is 6.10 Å². The summed E-state index contributed by atoms with van der Waals surface area (Å²) < 4.78 is 0. The van der Waals surface area contributed by atoms with Gasteiger partial charge in [-0.2, -0.15) is 0 Å². The second-order valence-electron chi connectivity index (χ2n) is 2.55. The van der Waals surface area contributed by atoms with Gasteiger partial charge in [0.1, 0.15) is 6.10 Å². The molecule has 2 N–H and O–H groups in total. The molecule has 0 saturated heterocycles. The van der Waals surface area contributed by atoms with Gasteiger partial charge in [-0.25, -0.2) is 0 Å². The lowest BCUT2D eigenvalue weighted by molar-refractivity contribution is 0.234. The van der Waals surface area contributed by atoms with E-state index in [0.29, 0.717) is 5.71 Å². The van der Waals surface area contributed by atoms with E-state index in [0.717, 1.165) is 5.56 Å². The molecule has 3 heteroatoms. The number of oxime groups is 1. The van der Waals surface area contributed by atoms with Gasteiger partial charge in [0, 0.05) is 0 Å². The number of nitrogens with zero attached hydrogens (tertiary/aromatic N) is 1. The molecule has 0 radical (unpaired) electrons. The molecule has 12 heavy (non-hydrogen) atoms. The molecule has 0 amide bonds.